The Kier molecular flexibility index (Phi) is 5.14. The molecule has 1 aliphatic heterocycles. The number of hydrogen-bond donors (Lipinski definition) is 4. The van der Waals surface area contributed by atoms with E-state index in [2.05, 4.69) is 10.6 Å². The number of fused-ring (bicyclic) bond motifs is 1. The maximum atomic E-state index is 11.5. The summed E-state index contributed by atoms with van der Waals surface area (Å²) in [7, 11) is 0. The smallest absolute Gasteiger partial charge is 0.262 e. The van der Waals surface area contributed by atoms with Crippen molar-refractivity contribution in [2.45, 2.75) is 30.9 Å². The number of phenols is 1. The minimum atomic E-state index is -0.908. The first-order chi connectivity index (χ1) is 13.3. The number of aliphatic hydroxyl groups is 1. The average Bonchev–Trinajstić information content (AvgIpc) is 3.41. The summed E-state index contributed by atoms with van der Waals surface area (Å²) in [6.45, 7) is 0.155. The van der Waals surface area contributed by atoms with Gasteiger partial charge in [-0.3, -0.25) is 4.79 Å². The average molecular weight is 423 g/mol. The molecular formula is C20H20Cl2N2O4. The van der Waals surface area contributed by atoms with Crippen LogP contribution in [0.25, 0.3) is 0 Å². The Hall–Kier alpha value is -1.99. The maximum Gasteiger partial charge on any atom is 0.262 e. The van der Waals surface area contributed by atoms with Gasteiger partial charge in [0.15, 0.2) is 6.61 Å². The first kappa shape index (κ1) is 19.3. The number of aliphatic hydroxyl groups excluding tert-OH is 1. The predicted molar refractivity (Wildman–Crippen MR) is 107 cm³/mol. The van der Waals surface area contributed by atoms with Gasteiger partial charge in [-0.05, 0) is 43.0 Å². The van der Waals surface area contributed by atoms with Crippen molar-refractivity contribution in [3.05, 3.63) is 51.5 Å². The number of aromatic hydroxyl groups is 1. The molecule has 0 aromatic heterocycles. The number of halogens is 2. The third-order valence-corrected chi connectivity index (χ3v) is 5.74. The van der Waals surface area contributed by atoms with Crippen LogP contribution in [0, 0.1) is 0 Å². The molecule has 0 bridgehead atoms. The molecule has 2 aliphatic rings. The highest BCUT2D eigenvalue weighted by Crippen LogP contribution is 2.42. The third kappa shape index (κ3) is 4.05. The normalized spacial score (nSPS) is 18.0. The number of β-amino-alcohol motifs (C(OH)–C–C–N with tert-alkyl or cyclic N) is 1. The number of ether oxygens (including phenoxy) is 1. The van der Waals surface area contributed by atoms with Crippen molar-refractivity contribution in [3.8, 4) is 11.5 Å². The molecule has 1 heterocycles. The van der Waals surface area contributed by atoms with E-state index in [1.54, 1.807) is 6.07 Å². The molecule has 1 fully saturated rings. The molecule has 28 heavy (non-hydrogen) atoms. The van der Waals surface area contributed by atoms with E-state index in [9.17, 15) is 15.0 Å². The van der Waals surface area contributed by atoms with Crippen molar-refractivity contribution in [3.63, 3.8) is 0 Å². The highest BCUT2D eigenvalue weighted by Gasteiger charge is 2.43. The van der Waals surface area contributed by atoms with Crippen molar-refractivity contribution in [2.75, 3.05) is 18.5 Å². The van der Waals surface area contributed by atoms with E-state index in [0.29, 0.717) is 27.0 Å². The number of phenolic OH excluding ortho intramolecular Hbond substituents is 1. The third-order valence-electron chi connectivity index (χ3n) is 5.15. The molecule has 4 rings (SSSR count). The Labute approximate surface area is 172 Å². The fraction of sp³-hybridized carbons (Fsp3) is 0.350. The molecule has 1 amide bonds. The van der Waals surface area contributed by atoms with Crippen molar-refractivity contribution in [1.29, 1.82) is 0 Å². The van der Waals surface area contributed by atoms with E-state index >= 15 is 0 Å². The van der Waals surface area contributed by atoms with Gasteiger partial charge in [0.1, 0.15) is 11.5 Å². The summed E-state index contributed by atoms with van der Waals surface area (Å²) in [5.74, 6) is 0.0402. The van der Waals surface area contributed by atoms with E-state index in [4.69, 9.17) is 27.9 Å². The summed E-state index contributed by atoms with van der Waals surface area (Å²) < 4.78 is 5.47. The molecule has 8 heteroatoms. The van der Waals surface area contributed by atoms with Gasteiger partial charge in [-0.25, -0.2) is 0 Å². The van der Waals surface area contributed by atoms with Crippen LogP contribution in [-0.4, -0.2) is 34.8 Å². The summed E-state index contributed by atoms with van der Waals surface area (Å²) in [6, 6.07) is 8.33. The van der Waals surface area contributed by atoms with Crippen LogP contribution in [0.5, 0.6) is 11.5 Å². The molecule has 2 aromatic rings. The monoisotopic (exact) mass is 422 g/mol. The van der Waals surface area contributed by atoms with Gasteiger partial charge in [0.25, 0.3) is 5.91 Å². The van der Waals surface area contributed by atoms with Crippen LogP contribution in [0.4, 0.5) is 5.69 Å². The number of hydrogen-bond acceptors (Lipinski definition) is 5. The number of amides is 1. The zero-order valence-corrected chi connectivity index (χ0v) is 16.5. The van der Waals surface area contributed by atoms with Crippen LogP contribution in [-0.2, 0) is 11.2 Å². The zero-order valence-electron chi connectivity index (χ0n) is 15.0. The van der Waals surface area contributed by atoms with Crippen LogP contribution < -0.4 is 15.4 Å². The maximum absolute atomic E-state index is 11.5. The Morgan fingerprint density at radius 1 is 1.25 bits per heavy atom. The lowest BCUT2D eigenvalue weighted by molar-refractivity contribution is -0.118. The molecule has 1 saturated carbocycles. The topological polar surface area (TPSA) is 90.8 Å². The SMILES string of the molecule is O=C1COc2c(cc(O)cc2C(O)CNC2(Cc3ccc(Cl)cc3Cl)CC2)N1. The van der Waals surface area contributed by atoms with Gasteiger partial charge >= 0.3 is 0 Å². The number of anilines is 1. The molecule has 6 nitrogen and oxygen atoms in total. The van der Waals surface area contributed by atoms with Gasteiger partial charge in [0.05, 0.1) is 11.8 Å². The number of rotatable bonds is 6. The lowest BCUT2D eigenvalue weighted by atomic mass is 10.0. The van der Waals surface area contributed by atoms with Crippen molar-refractivity contribution < 1.29 is 19.7 Å². The lowest BCUT2D eigenvalue weighted by Crippen LogP contribution is -2.37. The van der Waals surface area contributed by atoms with Gasteiger partial charge in [-0.1, -0.05) is 29.3 Å². The summed E-state index contributed by atoms with van der Waals surface area (Å²) in [6.07, 6.45) is 1.78. The van der Waals surface area contributed by atoms with E-state index in [1.807, 2.05) is 12.1 Å². The number of carbonyl (C=O) groups is 1. The van der Waals surface area contributed by atoms with Gasteiger partial charge < -0.3 is 25.6 Å². The van der Waals surface area contributed by atoms with Gasteiger partial charge in [-0.2, -0.15) is 0 Å². The van der Waals surface area contributed by atoms with Crippen molar-refractivity contribution >= 4 is 34.8 Å². The Bertz CT molecular complexity index is 931. The number of benzene rings is 2. The Balaban J connectivity index is 1.46. The van der Waals surface area contributed by atoms with Gasteiger partial charge in [-0.15, -0.1) is 0 Å². The Morgan fingerprint density at radius 3 is 2.75 bits per heavy atom. The van der Waals surface area contributed by atoms with Gasteiger partial charge in [0.2, 0.25) is 0 Å². The first-order valence-electron chi connectivity index (χ1n) is 9.02. The van der Waals surface area contributed by atoms with E-state index in [0.717, 1.165) is 24.8 Å². The summed E-state index contributed by atoms with van der Waals surface area (Å²) in [4.78, 5) is 11.5. The Morgan fingerprint density at radius 2 is 2.04 bits per heavy atom. The first-order valence-corrected chi connectivity index (χ1v) is 9.77. The van der Waals surface area contributed by atoms with E-state index in [-0.39, 0.29) is 30.3 Å². The molecular weight excluding hydrogens is 403 g/mol. The molecule has 148 valence electrons. The fourth-order valence-electron chi connectivity index (χ4n) is 3.48. The molecule has 1 aliphatic carbocycles. The van der Waals surface area contributed by atoms with Crippen LogP contribution in [0.2, 0.25) is 10.0 Å². The molecule has 0 spiro atoms. The number of carbonyl (C=O) groups excluding carboxylic acids is 1. The molecule has 1 unspecified atom stereocenters. The predicted octanol–water partition coefficient (Wildman–Crippen LogP) is 3.43. The number of nitrogens with one attached hydrogen (secondary N) is 2. The van der Waals surface area contributed by atoms with Crippen LogP contribution >= 0.6 is 23.2 Å². The summed E-state index contributed by atoms with van der Waals surface area (Å²) >= 11 is 12.3. The van der Waals surface area contributed by atoms with E-state index < -0.39 is 6.10 Å². The lowest BCUT2D eigenvalue weighted by Gasteiger charge is -2.25. The molecule has 2 aromatic carbocycles. The second-order valence-corrected chi connectivity index (χ2v) is 8.18. The minimum absolute atomic E-state index is 0.0484. The fourth-order valence-corrected chi connectivity index (χ4v) is 3.96. The molecule has 1 atom stereocenters. The van der Waals surface area contributed by atoms with Crippen molar-refractivity contribution in [1.82, 2.24) is 5.32 Å². The quantitative estimate of drug-likeness (QED) is 0.572. The highest BCUT2D eigenvalue weighted by atomic mass is 35.5. The van der Waals surface area contributed by atoms with Crippen LogP contribution in [0.3, 0.4) is 0 Å². The highest BCUT2D eigenvalue weighted by molar-refractivity contribution is 6.35. The molecule has 0 radical (unpaired) electrons. The zero-order chi connectivity index (χ0) is 19.9. The second-order valence-electron chi connectivity index (χ2n) is 7.34. The van der Waals surface area contributed by atoms with Gasteiger partial charge in [0, 0.05) is 33.8 Å². The summed E-state index contributed by atoms with van der Waals surface area (Å²) in [5.41, 5.74) is 1.68. The van der Waals surface area contributed by atoms with E-state index in [1.165, 1.54) is 12.1 Å². The molecule has 0 saturated heterocycles. The standard InChI is InChI=1S/C20H20Cl2N2O4/c21-12-2-1-11(15(22)5-12)8-20(3-4-20)23-9-17(26)14-6-13(25)7-16-19(14)28-10-18(27)24-16/h1-2,5-7,17,23,25-26H,3-4,8-10H2,(H,24,27). The minimum Gasteiger partial charge on any atom is -0.508 e. The second kappa shape index (κ2) is 7.44. The van der Waals surface area contributed by atoms with Crippen molar-refractivity contribution in [2.24, 2.45) is 0 Å². The largest absolute Gasteiger partial charge is 0.508 e. The summed E-state index contributed by atoms with van der Waals surface area (Å²) in [5, 5.41) is 27.9. The van der Waals surface area contributed by atoms with Crippen LogP contribution in [0.15, 0.2) is 30.3 Å². The molecule has 4 N–H and O–H groups in total. The van der Waals surface area contributed by atoms with Crippen LogP contribution in [0.1, 0.15) is 30.1 Å².